The Kier molecular flexibility index (Phi) is 5.54. The van der Waals surface area contributed by atoms with E-state index < -0.39 is 10.0 Å². The molecule has 4 nitrogen and oxygen atoms in total. The highest BCUT2D eigenvalue weighted by Crippen LogP contribution is 2.29. The SMILES string of the molecule is Cc1cc(C(C)(C)C)cc(C)c1S(=O)(=O)NCCC1CCCO1. The second-order valence-electron chi connectivity index (χ2n) is 7.51. The summed E-state index contributed by atoms with van der Waals surface area (Å²) >= 11 is 0. The molecule has 0 aromatic heterocycles. The molecule has 1 N–H and O–H groups in total. The van der Waals surface area contributed by atoms with Crippen LogP contribution in [0.2, 0.25) is 0 Å². The van der Waals surface area contributed by atoms with Crippen LogP contribution in [-0.4, -0.2) is 27.7 Å². The summed E-state index contributed by atoms with van der Waals surface area (Å²) in [5.41, 5.74) is 2.77. The third-order valence-electron chi connectivity index (χ3n) is 4.38. The monoisotopic (exact) mass is 339 g/mol. The second-order valence-corrected chi connectivity index (χ2v) is 9.21. The van der Waals surface area contributed by atoms with Crippen LogP contribution in [0.25, 0.3) is 0 Å². The summed E-state index contributed by atoms with van der Waals surface area (Å²) in [6.07, 6.45) is 3.03. The van der Waals surface area contributed by atoms with Crippen molar-refractivity contribution in [1.82, 2.24) is 4.72 Å². The fourth-order valence-electron chi connectivity index (χ4n) is 3.11. The lowest BCUT2D eigenvalue weighted by Gasteiger charge is -2.22. The Bertz CT molecular complexity index is 630. The molecule has 0 radical (unpaired) electrons. The molecule has 1 atom stereocenters. The molecule has 1 aromatic rings. The Morgan fingerprint density at radius 1 is 1.22 bits per heavy atom. The number of nitrogens with one attached hydrogen (secondary N) is 1. The Hall–Kier alpha value is -0.910. The molecule has 1 aromatic carbocycles. The zero-order valence-electron chi connectivity index (χ0n) is 14.9. The van der Waals surface area contributed by atoms with Crippen LogP contribution in [0, 0.1) is 13.8 Å². The van der Waals surface area contributed by atoms with Gasteiger partial charge in [-0.3, -0.25) is 0 Å². The molecule has 0 amide bonds. The van der Waals surface area contributed by atoms with Gasteiger partial charge in [0, 0.05) is 13.2 Å². The number of rotatable bonds is 5. The molecule has 0 saturated carbocycles. The molecule has 1 heterocycles. The molecular formula is C18H29NO3S. The van der Waals surface area contributed by atoms with Crippen LogP contribution >= 0.6 is 0 Å². The van der Waals surface area contributed by atoms with Gasteiger partial charge in [-0.2, -0.15) is 0 Å². The Balaban J connectivity index is 2.15. The highest BCUT2D eigenvalue weighted by molar-refractivity contribution is 7.89. The maximum atomic E-state index is 12.7. The summed E-state index contributed by atoms with van der Waals surface area (Å²) in [5, 5.41) is 0. The van der Waals surface area contributed by atoms with Gasteiger partial charge in [-0.1, -0.05) is 32.9 Å². The summed E-state index contributed by atoms with van der Waals surface area (Å²) in [7, 11) is -3.48. The first-order chi connectivity index (χ1) is 10.6. The van der Waals surface area contributed by atoms with Crippen molar-refractivity contribution in [3.05, 3.63) is 28.8 Å². The first-order valence-electron chi connectivity index (χ1n) is 8.34. The fraction of sp³-hybridized carbons (Fsp3) is 0.667. The van der Waals surface area contributed by atoms with E-state index in [1.807, 2.05) is 26.0 Å². The standard InChI is InChI=1S/C18H29NO3S/c1-13-11-15(18(3,4)5)12-14(2)17(13)23(20,21)19-9-8-16-7-6-10-22-16/h11-12,16,19H,6-10H2,1-5H3. The van der Waals surface area contributed by atoms with Crippen molar-refractivity contribution in [3.63, 3.8) is 0 Å². The molecule has 0 bridgehead atoms. The van der Waals surface area contributed by atoms with Gasteiger partial charge >= 0.3 is 0 Å². The van der Waals surface area contributed by atoms with E-state index in [9.17, 15) is 8.42 Å². The largest absolute Gasteiger partial charge is 0.378 e. The van der Waals surface area contributed by atoms with Crippen LogP contribution in [0.1, 0.15) is 56.7 Å². The molecule has 0 aliphatic carbocycles. The predicted octanol–water partition coefficient (Wildman–Crippen LogP) is 3.45. The van der Waals surface area contributed by atoms with E-state index in [1.165, 1.54) is 0 Å². The van der Waals surface area contributed by atoms with Gasteiger partial charge in [-0.05, 0) is 55.2 Å². The van der Waals surface area contributed by atoms with Gasteiger partial charge in [0.15, 0.2) is 0 Å². The second kappa shape index (κ2) is 6.91. The average Bonchev–Trinajstić information content (AvgIpc) is 2.89. The van der Waals surface area contributed by atoms with Crippen molar-refractivity contribution in [3.8, 4) is 0 Å². The number of hydrogen-bond donors (Lipinski definition) is 1. The average molecular weight is 340 g/mol. The summed E-state index contributed by atoms with van der Waals surface area (Å²) in [5.74, 6) is 0. The molecule has 1 aliphatic rings. The smallest absolute Gasteiger partial charge is 0.241 e. The van der Waals surface area contributed by atoms with Crippen LogP contribution in [0.3, 0.4) is 0 Å². The summed E-state index contributed by atoms with van der Waals surface area (Å²) < 4.78 is 33.6. The maximum absolute atomic E-state index is 12.7. The first kappa shape index (κ1) is 18.4. The zero-order chi connectivity index (χ0) is 17.3. The molecule has 0 spiro atoms. The summed E-state index contributed by atoms with van der Waals surface area (Å²) in [4.78, 5) is 0.415. The van der Waals surface area contributed by atoms with Crippen molar-refractivity contribution in [1.29, 1.82) is 0 Å². The van der Waals surface area contributed by atoms with Crippen molar-refractivity contribution >= 4 is 10.0 Å². The topological polar surface area (TPSA) is 55.4 Å². The van der Waals surface area contributed by atoms with Crippen LogP contribution in [0.5, 0.6) is 0 Å². The van der Waals surface area contributed by atoms with Crippen molar-refractivity contribution in [2.75, 3.05) is 13.2 Å². The molecule has 23 heavy (non-hydrogen) atoms. The molecule has 130 valence electrons. The van der Waals surface area contributed by atoms with Crippen LogP contribution in [-0.2, 0) is 20.2 Å². The van der Waals surface area contributed by atoms with E-state index in [0.717, 1.165) is 42.6 Å². The van der Waals surface area contributed by atoms with Gasteiger partial charge in [0.2, 0.25) is 10.0 Å². The molecule has 2 rings (SSSR count). The van der Waals surface area contributed by atoms with Crippen molar-refractivity contribution < 1.29 is 13.2 Å². The summed E-state index contributed by atoms with van der Waals surface area (Å²) in [6.45, 7) is 11.4. The Morgan fingerprint density at radius 2 is 1.83 bits per heavy atom. The quantitative estimate of drug-likeness (QED) is 0.894. The normalized spacial score (nSPS) is 19.3. The predicted molar refractivity (Wildman–Crippen MR) is 93.4 cm³/mol. The highest BCUT2D eigenvalue weighted by atomic mass is 32.2. The van der Waals surface area contributed by atoms with Gasteiger partial charge < -0.3 is 4.74 Å². The van der Waals surface area contributed by atoms with Crippen LogP contribution in [0.4, 0.5) is 0 Å². The number of benzene rings is 1. The van der Waals surface area contributed by atoms with E-state index in [0.29, 0.717) is 11.4 Å². The number of hydrogen-bond acceptors (Lipinski definition) is 3. The van der Waals surface area contributed by atoms with Gasteiger partial charge in [-0.25, -0.2) is 13.1 Å². The molecule has 1 aliphatic heterocycles. The first-order valence-corrected chi connectivity index (χ1v) is 9.82. The minimum absolute atomic E-state index is 0.00501. The zero-order valence-corrected chi connectivity index (χ0v) is 15.7. The van der Waals surface area contributed by atoms with Gasteiger partial charge in [-0.15, -0.1) is 0 Å². The number of ether oxygens (including phenoxy) is 1. The number of aryl methyl sites for hydroxylation is 2. The van der Waals surface area contributed by atoms with Crippen molar-refractivity contribution in [2.24, 2.45) is 0 Å². The third kappa shape index (κ3) is 4.55. The maximum Gasteiger partial charge on any atom is 0.241 e. The lowest BCUT2D eigenvalue weighted by atomic mass is 9.85. The number of sulfonamides is 1. The van der Waals surface area contributed by atoms with E-state index >= 15 is 0 Å². The van der Waals surface area contributed by atoms with E-state index in [4.69, 9.17) is 4.74 Å². The summed E-state index contributed by atoms with van der Waals surface area (Å²) in [6, 6.07) is 3.98. The minimum atomic E-state index is -3.48. The minimum Gasteiger partial charge on any atom is -0.378 e. The lowest BCUT2D eigenvalue weighted by molar-refractivity contribution is 0.105. The third-order valence-corrected chi connectivity index (χ3v) is 6.14. The Morgan fingerprint density at radius 3 is 2.30 bits per heavy atom. The van der Waals surface area contributed by atoms with E-state index in [2.05, 4.69) is 25.5 Å². The molecule has 5 heteroatoms. The molecule has 1 unspecified atom stereocenters. The van der Waals surface area contributed by atoms with Gasteiger partial charge in [0.25, 0.3) is 0 Å². The molecule has 1 fully saturated rings. The van der Waals surface area contributed by atoms with Gasteiger partial charge in [0.05, 0.1) is 11.0 Å². The van der Waals surface area contributed by atoms with Crippen molar-refractivity contribution in [2.45, 2.75) is 70.3 Å². The van der Waals surface area contributed by atoms with Crippen LogP contribution < -0.4 is 4.72 Å². The van der Waals surface area contributed by atoms with Gasteiger partial charge in [0.1, 0.15) is 0 Å². The Labute approximate surface area is 140 Å². The van der Waals surface area contributed by atoms with Crippen LogP contribution in [0.15, 0.2) is 17.0 Å². The molecular weight excluding hydrogens is 310 g/mol. The van der Waals surface area contributed by atoms with E-state index in [1.54, 1.807) is 0 Å². The highest BCUT2D eigenvalue weighted by Gasteiger charge is 2.23. The fourth-order valence-corrected chi connectivity index (χ4v) is 4.60. The lowest BCUT2D eigenvalue weighted by Crippen LogP contribution is -2.28. The van der Waals surface area contributed by atoms with E-state index in [-0.39, 0.29) is 11.5 Å². The molecule has 1 saturated heterocycles.